The second-order valence-corrected chi connectivity index (χ2v) is 4.89. The Labute approximate surface area is 120 Å². The van der Waals surface area contributed by atoms with Crippen LogP contribution in [0.4, 0.5) is 0 Å². The van der Waals surface area contributed by atoms with Crippen LogP contribution in [0.2, 0.25) is 0 Å². The van der Waals surface area contributed by atoms with Crippen LogP contribution in [0.25, 0.3) is 0 Å². The van der Waals surface area contributed by atoms with Crippen molar-refractivity contribution in [1.29, 1.82) is 0 Å². The van der Waals surface area contributed by atoms with Gasteiger partial charge < -0.3 is 24.3 Å². The topological polar surface area (TPSA) is 49.0 Å². The molecule has 5 heteroatoms. The molecule has 1 aliphatic heterocycles. The van der Waals surface area contributed by atoms with Crippen molar-refractivity contribution >= 4 is 0 Å². The smallest absolute Gasteiger partial charge is 0.231 e. The average Bonchev–Trinajstić information content (AvgIpc) is 2.87. The molecule has 0 unspecified atom stereocenters. The second kappa shape index (κ2) is 7.36. The van der Waals surface area contributed by atoms with E-state index in [0.29, 0.717) is 25.9 Å². The third kappa shape index (κ3) is 4.02. The molecular weight excluding hydrogens is 258 g/mol. The standard InChI is InChI=1S/C15H23NO4/c1-4-17-5-6-18-13-8-15-14(19-10-20-15)7-12(13)9-16-11(2)3/h7-8,11,16H,4-6,9-10H2,1-3H3. The van der Waals surface area contributed by atoms with Crippen molar-refractivity contribution in [3.05, 3.63) is 17.7 Å². The van der Waals surface area contributed by atoms with E-state index in [2.05, 4.69) is 19.2 Å². The minimum atomic E-state index is 0.273. The number of hydrogen-bond donors (Lipinski definition) is 1. The molecule has 0 spiro atoms. The Morgan fingerprint density at radius 1 is 1.20 bits per heavy atom. The lowest BCUT2D eigenvalue weighted by Crippen LogP contribution is -2.22. The van der Waals surface area contributed by atoms with Gasteiger partial charge in [0.25, 0.3) is 0 Å². The number of fused-ring (bicyclic) bond motifs is 1. The van der Waals surface area contributed by atoms with Crippen molar-refractivity contribution in [2.45, 2.75) is 33.4 Å². The Bertz CT molecular complexity index is 434. The summed E-state index contributed by atoms with van der Waals surface area (Å²) in [5.41, 5.74) is 1.07. The van der Waals surface area contributed by atoms with Gasteiger partial charge in [0.2, 0.25) is 6.79 Å². The van der Waals surface area contributed by atoms with Gasteiger partial charge in [-0.05, 0) is 13.0 Å². The van der Waals surface area contributed by atoms with Crippen molar-refractivity contribution in [3.8, 4) is 17.2 Å². The molecule has 2 rings (SSSR count). The van der Waals surface area contributed by atoms with Gasteiger partial charge in [-0.2, -0.15) is 0 Å². The van der Waals surface area contributed by atoms with Gasteiger partial charge in [0.15, 0.2) is 11.5 Å². The highest BCUT2D eigenvalue weighted by molar-refractivity contribution is 5.51. The number of ether oxygens (including phenoxy) is 4. The van der Waals surface area contributed by atoms with E-state index in [1.165, 1.54) is 0 Å². The fraction of sp³-hybridized carbons (Fsp3) is 0.600. The molecule has 0 bridgehead atoms. The van der Waals surface area contributed by atoms with Gasteiger partial charge in [-0.3, -0.25) is 0 Å². The van der Waals surface area contributed by atoms with Crippen LogP contribution in [0, 0.1) is 0 Å². The van der Waals surface area contributed by atoms with Gasteiger partial charge >= 0.3 is 0 Å². The molecule has 0 amide bonds. The molecule has 1 heterocycles. The van der Waals surface area contributed by atoms with Crippen LogP contribution in [0.3, 0.4) is 0 Å². The number of nitrogens with one attached hydrogen (secondary N) is 1. The van der Waals surface area contributed by atoms with Crippen molar-refractivity contribution in [3.63, 3.8) is 0 Å². The quantitative estimate of drug-likeness (QED) is 0.741. The predicted octanol–water partition coefficient (Wildman–Crippen LogP) is 2.33. The maximum Gasteiger partial charge on any atom is 0.231 e. The summed E-state index contributed by atoms with van der Waals surface area (Å²) in [6.45, 7) is 9.02. The van der Waals surface area contributed by atoms with E-state index in [0.717, 1.165) is 29.4 Å². The molecule has 0 radical (unpaired) electrons. The van der Waals surface area contributed by atoms with Crippen LogP contribution < -0.4 is 19.5 Å². The minimum Gasteiger partial charge on any atom is -0.491 e. The first-order chi connectivity index (χ1) is 9.70. The number of hydrogen-bond acceptors (Lipinski definition) is 5. The van der Waals surface area contributed by atoms with E-state index >= 15 is 0 Å². The van der Waals surface area contributed by atoms with Gasteiger partial charge in [0.1, 0.15) is 12.4 Å². The summed E-state index contributed by atoms with van der Waals surface area (Å²) in [4.78, 5) is 0. The molecule has 20 heavy (non-hydrogen) atoms. The highest BCUT2D eigenvalue weighted by Gasteiger charge is 2.18. The Morgan fingerprint density at radius 2 is 1.95 bits per heavy atom. The maximum absolute atomic E-state index is 5.80. The molecule has 112 valence electrons. The summed E-state index contributed by atoms with van der Waals surface area (Å²) in [5, 5.41) is 3.39. The maximum atomic E-state index is 5.80. The van der Waals surface area contributed by atoms with Gasteiger partial charge in [-0.15, -0.1) is 0 Å². The van der Waals surface area contributed by atoms with E-state index in [1.54, 1.807) is 0 Å². The third-order valence-corrected chi connectivity index (χ3v) is 2.95. The fourth-order valence-electron chi connectivity index (χ4n) is 1.91. The lowest BCUT2D eigenvalue weighted by molar-refractivity contribution is 0.109. The van der Waals surface area contributed by atoms with Gasteiger partial charge in [-0.1, -0.05) is 13.8 Å². The largest absolute Gasteiger partial charge is 0.491 e. The lowest BCUT2D eigenvalue weighted by atomic mass is 10.1. The molecule has 1 aromatic carbocycles. The first-order valence-electron chi connectivity index (χ1n) is 7.07. The van der Waals surface area contributed by atoms with Crippen LogP contribution in [-0.2, 0) is 11.3 Å². The van der Waals surface area contributed by atoms with Gasteiger partial charge in [0.05, 0.1) is 6.61 Å². The van der Waals surface area contributed by atoms with E-state index in [1.807, 2.05) is 19.1 Å². The Balaban J connectivity index is 2.05. The predicted molar refractivity (Wildman–Crippen MR) is 76.5 cm³/mol. The normalized spacial score (nSPS) is 13.0. The highest BCUT2D eigenvalue weighted by atomic mass is 16.7. The van der Waals surface area contributed by atoms with Crippen LogP contribution in [-0.4, -0.2) is 32.7 Å². The summed E-state index contributed by atoms with van der Waals surface area (Å²) < 4.78 is 21.9. The van der Waals surface area contributed by atoms with Crippen LogP contribution in [0.5, 0.6) is 17.2 Å². The molecule has 0 aliphatic carbocycles. The Morgan fingerprint density at radius 3 is 2.65 bits per heavy atom. The summed E-state index contributed by atoms with van der Waals surface area (Å²) in [7, 11) is 0. The van der Waals surface area contributed by atoms with E-state index in [4.69, 9.17) is 18.9 Å². The SMILES string of the molecule is CCOCCOc1cc2c(cc1CNC(C)C)OCO2. The Hall–Kier alpha value is -1.46. The van der Waals surface area contributed by atoms with Crippen molar-refractivity contribution in [2.24, 2.45) is 0 Å². The number of benzene rings is 1. The molecule has 0 saturated heterocycles. The molecule has 0 fully saturated rings. The van der Waals surface area contributed by atoms with Crippen LogP contribution in [0.15, 0.2) is 12.1 Å². The molecule has 0 atom stereocenters. The van der Waals surface area contributed by atoms with Crippen molar-refractivity contribution < 1.29 is 18.9 Å². The zero-order valence-electron chi connectivity index (χ0n) is 12.4. The first-order valence-corrected chi connectivity index (χ1v) is 7.07. The van der Waals surface area contributed by atoms with E-state index < -0.39 is 0 Å². The van der Waals surface area contributed by atoms with Crippen LogP contribution >= 0.6 is 0 Å². The first kappa shape index (κ1) is 14.9. The minimum absolute atomic E-state index is 0.273. The third-order valence-electron chi connectivity index (χ3n) is 2.95. The lowest BCUT2D eigenvalue weighted by Gasteiger charge is -2.14. The zero-order valence-corrected chi connectivity index (χ0v) is 12.4. The zero-order chi connectivity index (χ0) is 14.4. The molecule has 1 N–H and O–H groups in total. The molecule has 1 aliphatic rings. The molecule has 5 nitrogen and oxygen atoms in total. The van der Waals surface area contributed by atoms with Crippen molar-refractivity contribution in [1.82, 2.24) is 5.32 Å². The molecule has 0 aromatic heterocycles. The number of rotatable bonds is 8. The summed E-state index contributed by atoms with van der Waals surface area (Å²) in [6, 6.07) is 4.29. The summed E-state index contributed by atoms with van der Waals surface area (Å²) in [6.07, 6.45) is 0. The van der Waals surface area contributed by atoms with Gasteiger partial charge in [0, 0.05) is 30.8 Å². The molecule has 1 aromatic rings. The highest BCUT2D eigenvalue weighted by Crippen LogP contribution is 2.38. The summed E-state index contributed by atoms with van der Waals surface area (Å²) >= 11 is 0. The monoisotopic (exact) mass is 281 g/mol. The van der Waals surface area contributed by atoms with Crippen LogP contribution in [0.1, 0.15) is 26.3 Å². The molecular formula is C15H23NO4. The van der Waals surface area contributed by atoms with Gasteiger partial charge in [-0.25, -0.2) is 0 Å². The van der Waals surface area contributed by atoms with E-state index in [9.17, 15) is 0 Å². The Kier molecular flexibility index (Phi) is 5.49. The van der Waals surface area contributed by atoms with Crippen molar-refractivity contribution in [2.75, 3.05) is 26.6 Å². The average molecular weight is 281 g/mol. The molecule has 0 saturated carbocycles. The summed E-state index contributed by atoms with van der Waals surface area (Å²) in [5.74, 6) is 2.34. The fourth-order valence-corrected chi connectivity index (χ4v) is 1.91. The second-order valence-electron chi connectivity index (χ2n) is 4.89. The van der Waals surface area contributed by atoms with E-state index in [-0.39, 0.29) is 6.79 Å².